The maximum Gasteiger partial charge on any atom is 0.245 e. The van der Waals surface area contributed by atoms with Gasteiger partial charge in [-0.05, 0) is 62.8 Å². The van der Waals surface area contributed by atoms with Crippen LogP contribution in [0.5, 0.6) is 5.75 Å². The number of rotatable bonds is 9. The number of nitrogens with zero attached hydrogens (tertiary/aromatic N) is 2. The van der Waals surface area contributed by atoms with Crippen LogP contribution < -0.4 is 15.8 Å². The maximum absolute atomic E-state index is 13.9. The fourth-order valence-corrected chi connectivity index (χ4v) is 5.68. The van der Waals surface area contributed by atoms with E-state index in [4.69, 9.17) is 10.5 Å². The third-order valence-corrected chi connectivity index (χ3v) is 7.80. The van der Waals surface area contributed by atoms with Crippen molar-refractivity contribution in [1.29, 1.82) is 0 Å². The van der Waals surface area contributed by atoms with Crippen LogP contribution in [0.4, 0.5) is 0 Å². The molecule has 2 fully saturated rings. The Hall–Kier alpha value is -3.39. The molecule has 2 aromatic carbocycles. The molecule has 0 bridgehead atoms. The molecule has 3 amide bonds. The zero-order valence-electron chi connectivity index (χ0n) is 22.9. The fourth-order valence-electron chi connectivity index (χ4n) is 5.68. The third kappa shape index (κ3) is 6.01. The molecule has 2 unspecified atom stereocenters. The highest BCUT2D eigenvalue weighted by molar-refractivity contribution is 5.92. The molecular weight excluding hydrogens is 480 g/mol. The maximum atomic E-state index is 13.9. The molecule has 204 valence electrons. The lowest BCUT2D eigenvalue weighted by molar-refractivity contribution is -0.146. The lowest BCUT2D eigenvalue weighted by atomic mass is 9.69. The van der Waals surface area contributed by atoms with Crippen molar-refractivity contribution >= 4 is 17.7 Å². The first-order valence-electron chi connectivity index (χ1n) is 13.4. The quantitative estimate of drug-likeness (QED) is 0.529. The number of carbonyl (C=O) groups excluding carboxylic acids is 3. The van der Waals surface area contributed by atoms with Crippen LogP contribution in [0.1, 0.15) is 37.8 Å². The molecule has 38 heavy (non-hydrogen) atoms. The summed E-state index contributed by atoms with van der Waals surface area (Å²) in [7, 11) is 1.84. The monoisotopic (exact) mass is 520 g/mol. The van der Waals surface area contributed by atoms with Crippen LogP contribution in [-0.4, -0.2) is 72.4 Å². The number of aryl methyl sites for hydroxylation is 1. The highest BCUT2D eigenvalue weighted by Crippen LogP contribution is 2.45. The van der Waals surface area contributed by atoms with Gasteiger partial charge in [-0.2, -0.15) is 0 Å². The molecule has 0 spiro atoms. The van der Waals surface area contributed by atoms with Crippen LogP contribution in [0, 0.1) is 18.3 Å². The summed E-state index contributed by atoms with van der Waals surface area (Å²) in [5, 5.41) is 2.86. The number of likely N-dealkylation sites (tertiary alicyclic amines) is 2. The second-order valence-corrected chi connectivity index (χ2v) is 11.5. The van der Waals surface area contributed by atoms with Gasteiger partial charge in [0.05, 0.1) is 17.6 Å². The van der Waals surface area contributed by atoms with Crippen molar-refractivity contribution in [3.05, 3.63) is 65.7 Å². The van der Waals surface area contributed by atoms with E-state index < -0.39 is 22.9 Å². The average molecular weight is 521 g/mol. The van der Waals surface area contributed by atoms with Crippen molar-refractivity contribution < 1.29 is 19.1 Å². The number of nitrogens with one attached hydrogen (secondary N) is 1. The van der Waals surface area contributed by atoms with Crippen molar-refractivity contribution in [3.8, 4) is 5.75 Å². The van der Waals surface area contributed by atoms with Gasteiger partial charge in [0.15, 0.2) is 0 Å². The Balaban J connectivity index is 1.53. The Labute approximate surface area is 225 Å². The number of carbonyl (C=O) groups is 3. The van der Waals surface area contributed by atoms with E-state index in [0.717, 1.165) is 17.5 Å². The molecule has 0 aliphatic carbocycles. The minimum atomic E-state index is -1.14. The molecule has 3 N–H and O–H groups in total. The average Bonchev–Trinajstić information content (AvgIpc) is 3.12. The van der Waals surface area contributed by atoms with Crippen LogP contribution in [0.15, 0.2) is 54.6 Å². The number of piperidine rings is 1. The van der Waals surface area contributed by atoms with Crippen molar-refractivity contribution in [2.75, 3.05) is 33.3 Å². The Kier molecular flexibility index (Phi) is 8.11. The number of ether oxygens (including phenoxy) is 1. The fraction of sp³-hybridized carbons (Fsp3) is 0.500. The Morgan fingerprint density at radius 2 is 1.92 bits per heavy atom. The van der Waals surface area contributed by atoms with Gasteiger partial charge in [0, 0.05) is 33.1 Å². The van der Waals surface area contributed by atoms with Gasteiger partial charge < -0.3 is 25.6 Å². The van der Waals surface area contributed by atoms with Crippen molar-refractivity contribution in [1.82, 2.24) is 15.1 Å². The van der Waals surface area contributed by atoms with E-state index in [0.29, 0.717) is 31.8 Å². The minimum absolute atomic E-state index is 0.0790. The molecule has 8 nitrogen and oxygen atoms in total. The van der Waals surface area contributed by atoms with Gasteiger partial charge in [-0.15, -0.1) is 0 Å². The molecule has 2 heterocycles. The second-order valence-electron chi connectivity index (χ2n) is 11.5. The first-order valence-corrected chi connectivity index (χ1v) is 13.4. The molecule has 2 aliphatic heterocycles. The predicted molar refractivity (Wildman–Crippen MR) is 146 cm³/mol. The van der Waals surface area contributed by atoms with Crippen LogP contribution in [-0.2, 0) is 20.8 Å². The van der Waals surface area contributed by atoms with Gasteiger partial charge in [0.25, 0.3) is 0 Å². The van der Waals surface area contributed by atoms with E-state index in [1.54, 1.807) is 23.6 Å². The van der Waals surface area contributed by atoms with Crippen molar-refractivity contribution in [2.24, 2.45) is 17.1 Å². The summed E-state index contributed by atoms with van der Waals surface area (Å²) in [6.07, 6.45) is 1.60. The summed E-state index contributed by atoms with van der Waals surface area (Å²) in [4.78, 5) is 43.8. The van der Waals surface area contributed by atoms with Crippen LogP contribution in [0.25, 0.3) is 0 Å². The van der Waals surface area contributed by atoms with Crippen molar-refractivity contribution in [2.45, 2.75) is 51.6 Å². The standard InChI is InChI=1S/C30H40N4O4/c1-21-9-8-12-24(17-21)38-16-14-25(32-27(36)29(2,3)31)26(35)34-15-13-23-19-33(4)28(37)30(23,20-34)18-22-10-6-5-7-11-22/h5-12,17,23,25H,13-16,18-20,31H2,1-4H3,(H,32,36)/t23?,25?,30-/m1/s1. The zero-order valence-corrected chi connectivity index (χ0v) is 22.9. The number of benzene rings is 2. The Bertz CT molecular complexity index is 1160. The predicted octanol–water partition coefficient (Wildman–Crippen LogP) is 2.54. The number of hydrogen-bond acceptors (Lipinski definition) is 5. The molecule has 2 aliphatic rings. The highest BCUT2D eigenvalue weighted by atomic mass is 16.5. The number of nitrogens with two attached hydrogens (primary N) is 1. The lowest BCUT2D eigenvalue weighted by Gasteiger charge is -2.44. The molecule has 8 heteroatoms. The summed E-state index contributed by atoms with van der Waals surface area (Å²) < 4.78 is 5.91. The molecule has 4 rings (SSSR count). The summed E-state index contributed by atoms with van der Waals surface area (Å²) in [6, 6.07) is 16.9. The Morgan fingerprint density at radius 3 is 2.61 bits per heavy atom. The highest BCUT2D eigenvalue weighted by Gasteiger charge is 2.56. The normalized spacial score (nSPS) is 22.1. The van der Waals surface area contributed by atoms with Gasteiger partial charge in [0.2, 0.25) is 17.7 Å². The molecule has 2 saturated heterocycles. The van der Waals surface area contributed by atoms with E-state index in [2.05, 4.69) is 5.32 Å². The molecule has 0 saturated carbocycles. The Morgan fingerprint density at radius 1 is 1.18 bits per heavy atom. The van der Waals surface area contributed by atoms with Gasteiger partial charge in [-0.3, -0.25) is 14.4 Å². The van der Waals surface area contributed by atoms with Gasteiger partial charge in [0.1, 0.15) is 11.8 Å². The zero-order chi connectivity index (χ0) is 27.5. The first kappa shape index (κ1) is 27.6. The van der Waals surface area contributed by atoms with E-state index in [1.165, 1.54) is 0 Å². The van der Waals surface area contributed by atoms with Crippen molar-refractivity contribution in [3.63, 3.8) is 0 Å². The lowest BCUT2D eigenvalue weighted by Crippen LogP contribution is -2.60. The van der Waals surface area contributed by atoms with Crippen LogP contribution in [0.2, 0.25) is 0 Å². The second kappa shape index (κ2) is 11.2. The third-order valence-electron chi connectivity index (χ3n) is 7.80. The van der Waals surface area contributed by atoms with E-state index in [9.17, 15) is 14.4 Å². The molecule has 3 atom stereocenters. The van der Waals surface area contributed by atoms with Gasteiger partial charge in [-0.1, -0.05) is 42.5 Å². The van der Waals surface area contributed by atoms with Crippen LogP contribution >= 0.6 is 0 Å². The number of amides is 3. The SMILES string of the molecule is Cc1cccc(OCCC(NC(=O)C(C)(C)N)C(=O)N2CCC3CN(C)C(=O)[C@]3(Cc3ccccc3)C2)c1. The molecule has 0 aromatic heterocycles. The summed E-state index contributed by atoms with van der Waals surface area (Å²) in [5.41, 5.74) is 6.38. The number of fused-ring (bicyclic) bond motifs is 1. The molecule has 0 radical (unpaired) electrons. The largest absolute Gasteiger partial charge is 0.493 e. The topological polar surface area (TPSA) is 105 Å². The summed E-state index contributed by atoms with van der Waals surface area (Å²) in [5.74, 6) is 0.352. The molecular formula is C30H40N4O4. The summed E-state index contributed by atoms with van der Waals surface area (Å²) >= 11 is 0. The van der Waals surface area contributed by atoms with Gasteiger partial charge in [-0.25, -0.2) is 0 Å². The number of hydrogen-bond donors (Lipinski definition) is 2. The van der Waals surface area contributed by atoms with E-state index in [-0.39, 0.29) is 30.8 Å². The van der Waals surface area contributed by atoms with E-state index >= 15 is 0 Å². The molecule has 2 aromatic rings. The first-order chi connectivity index (χ1) is 18.0. The smallest absolute Gasteiger partial charge is 0.245 e. The minimum Gasteiger partial charge on any atom is -0.493 e. The van der Waals surface area contributed by atoms with E-state index in [1.807, 2.05) is 68.6 Å². The summed E-state index contributed by atoms with van der Waals surface area (Å²) in [6.45, 7) is 7.02. The van der Waals surface area contributed by atoms with Crippen LogP contribution in [0.3, 0.4) is 0 Å². The van der Waals surface area contributed by atoms with Gasteiger partial charge >= 0.3 is 0 Å².